The van der Waals surface area contributed by atoms with Crippen LogP contribution in [0.25, 0.3) is 11.3 Å². The summed E-state index contributed by atoms with van der Waals surface area (Å²) in [6.45, 7) is 2.15. The molecule has 0 saturated heterocycles. The second-order valence-electron chi connectivity index (χ2n) is 3.17. The van der Waals surface area contributed by atoms with E-state index in [2.05, 4.69) is 47.6 Å². The maximum absolute atomic E-state index is 2.20. The van der Waals surface area contributed by atoms with Crippen molar-refractivity contribution in [1.29, 1.82) is 0 Å². The number of rotatable bonds is 1. The minimum absolute atomic E-state index is 1.28. The first-order valence-electron chi connectivity index (χ1n) is 4.27. The van der Waals surface area contributed by atoms with Gasteiger partial charge >= 0.3 is 0 Å². The summed E-state index contributed by atoms with van der Waals surface area (Å²) >= 11 is 1.76. The van der Waals surface area contributed by atoms with Crippen LogP contribution in [0.15, 0.2) is 35.2 Å². The topological polar surface area (TPSA) is 3.88 Å². The highest BCUT2D eigenvalue weighted by atomic mass is 32.1. The quantitative estimate of drug-likeness (QED) is 0.608. The van der Waals surface area contributed by atoms with E-state index in [0.29, 0.717) is 0 Å². The van der Waals surface area contributed by atoms with Gasteiger partial charge in [0.15, 0.2) is 6.20 Å². The predicted molar refractivity (Wildman–Crippen MR) is 55.7 cm³/mol. The van der Waals surface area contributed by atoms with E-state index < -0.39 is 0 Å². The van der Waals surface area contributed by atoms with Crippen LogP contribution in [0.1, 0.15) is 5.56 Å². The Labute approximate surface area is 82.3 Å². The first kappa shape index (κ1) is 8.45. The Morgan fingerprint density at radius 3 is 2.69 bits per heavy atom. The standard InChI is InChI=1S/C11H12NS/c1-9-7-13-8-10(9)11-5-3-4-6-12(11)2/h3-8H,1-2H3/q+1. The van der Waals surface area contributed by atoms with E-state index in [4.69, 9.17) is 0 Å². The summed E-state index contributed by atoms with van der Waals surface area (Å²) in [4.78, 5) is 0. The summed E-state index contributed by atoms with van der Waals surface area (Å²) in [6.07, 6.45) is 2.08. The first-order chi connectivity index (χ1) is 6.29. The number of pyridine rings is 1. The van der Waals surface area contributed by atoms with Crippen molar-refractivity contribution in [1.82, 2.24) is 0 Å². The monoisotopic (exact) mass is 190 g/mol. The van der Waals surface area contributed by atoms with Gasteiger partial charge in [-0.2, -0.15) is 11.3 Å². The second kappa shape index (κ2) is 3.30. The molecule has 13 heavy (non-hydrogen) atoms. The van der Waals surface area contributed by atoms with Gasteiger partial charge in [-0.25, -0.2) is 4.57 Å². The zero-order chi connectivity index (χ0) is 9.26. The third kappa shape index (κ3) is 1.49. The largest absolute Gasteiger partial charge is 0.213 e. The van der Waals surface area contributed by atoms with Crippen molar-refractivity contribution in [3.8, 4) is 11.3 Å². The molecule has 2 heterocycles. The molecule has 0 aliphatic rings. The van der Waals surface area contributed by atoms with E-state index in [1.807, 2.05) is 6.07 Å². The van der Waals surface area contributed by atoms with Crippen molar-refractivity contribution in [2.45, 2.75) is 6.92 Å². The van der Waals surface area contributed by atoms with Gasteiger partial charge in [-0.1, -0.05) is 0 Å². The molecule has 2 aromatic rings. The van der Waals surface area contributed by atoms with E-state index in [1.54, 1.807) is 11.3 Å². The third-order valence-corrected chi connectivity index (χ3v) is 3.05. The lowest BCUT2D eigenvalue weighted by molar-refractivity contribution is -0.660. The Morgan fingerprint density at radius 1 is 1.23 bits per heavy atom. The molecule has 0 atom stereocenters. The van der Waals surface area contributed by atoms with Crippen LogP contribution in [-0.4, -0.2) is 0 Å². The molecular formula is C11H12NS+. The summed E-state index contributed by atoms with van der Waals surface area (Å²) < 4.78 is 2.15. The van der Waals surface area contributed by atoms with Crippen LogP contribution in [0.4, 0.5) is 0 Å². The van der Waals surface area contributed by atoms with E-state index in [1.165, 1.54) is 16.8 Å². The molecule has 0 unspecified atom stereocenters. The number of aromatic nitrogens is 1. The number of hydrogen-bond acceptors (Lipinski definition) is 1. The fraction of sp³-hybridized carbons (Fsp3) is 0.182. The summed E-state index contributed by atoms with van der Waals surface area (Å²) in [5, 5.41) is 4.38. The van der Waals surface area contributed by atoms with Crippen LogP contribution in [0, 0.1) is 6.92 Å². The van der Waals surface area contributed by atoms with Crippen LogP contribution < -0.4 is 4.57 Å². The molecule has 0 amide bonds. The smallest absolute Gasteiger partial charge is 0.201 e. The highest BCUT2D eigenvalue weighted by Crippen LogP contribution is 2.23. The van der Waals surface area contributed by atoms with Crippen molar-refractivity contribution in [2.75, 3.05) is 0 Å². The maximum Gasteiger partial charge on any atom is 0.213 e. The van der Waals surface area contributed by atoms with Crippen LogP contribution in [-0.2, 0) is 7.05 Å². The number of thiophene rings is 1. The van der Waals surface area contributed by atoms with Gasteiger partial charge in [-0.05, 0) is 23.9 Å². The minimum Gasteiger partial charge on any atom is -0.201 e. The predicted octanol–water partition coefficient (Wildman–Crippen LogP) is 2.55. The molecule has 0 aliphatic heterocycles. The number of hydrogen-bond donors (Lipinski definition) is 0. The van der Waals surface area contributed by atoms with Crippen LogP contribution in [0.2, 0.25) is 0 Å². The van der Waals surface area contributed by atoms with Crippen LogP contribution in [0.3, 0.4) is 0 Å². The molecule has 1 nitrogen and oxygen atoms in total. The Morgan fingerprint density at radius 2 is 2.08 bits per heavy atom. The van der Waals surface area contributed by atoms with Gasteiger partial charge in [-0.3, -0.25) is 0 Å². The molecule has 0 saturated carbocycles. The van der Waals surface area contributed by atoms with Gasteiger partial charge in [0.05, 0.1) is 5.56 Å². The zero-order valence-corrected chi connectivity index (χ0v) is 8.64. The molecule has 0 fully saturated rings. The SMILES string of the molecule is Cc1cscc1-c1cccc[n+]1C. The third-order valence-electron chi connectivity index (χ3n) is 2.19. The number of nitrogens with zero attached hydrogens (tertiary/aromatic N) is 1. The van der Waals surface area contributed by atoms with E-state index in [0.717, 1.165) is 0 Å². The Balaban J connectivity index is 2.59. The summed E-state index contributed by atoms with van der Waals surface area (Å²) in [6, 6.07) is 6.27. The van der Waals surface area contributed by atoms with Crippen molar-refractivity contribution in [3.05, 3.63) is 40.7 Å². The fourth-order valence-electron chi connectivity index (χ4n) is 1.43. The molecule has 0 bridgehead atoms. The minimum atomic E-state index is 1.28. The zero-order valence-electron chi connectivity index (χ0n) is 7.82. The lowest BCUT2D eigenvalue weighted by Gasteiger charge is -1.97. The van der Waals surface area contributed by atoms with E-state index in [-0.39, 0.29) is 0 Å². The molecular weight excluding hydrogens is 178 g/mol. The van der Waals surface area contributed by atoms with Crippen molar-refractivity contribution >= 4 is 11.3 Å². The van der Waals surface area contributed by atoms with Gasteiger partial charge in [-0.15, -0.1) is 0 Å². The van der Waals surface area contributed by atoms with E-state index >= 15 is 0 Å². The first-order valence-corrected chi connectivity index (χ1v) is 5.21. The Kier molecular flexibility index (Phi) is 2.15. The van der Waals surface area contributed by atoms with E-state index in [9.17, 15) is 0 Å². The lowest BCUT2D eigenvalue weighted by Crippen LogP contribution is -2.29. The summed E-state index contributed by atoms with van der Waals surface area (Å²) in [5.41, 5.74) is 3.97. The Hall–Kier alpha value is -1.15. The number of aryl methyl sites for hydroxylation is 2. The molecule has 66 valence electrons. The fourth-order valence-corrected chi connectivity index (χ4v) is 2.27. The van der Waals surface area contributed by atoms with Gasteiger partial charge < -0.3 is 0 Å². The summed E-state index contributed by atoms with van der Waals surface area (Å²) in [5.74, 6) is 0. The van der Waals surface area contributed by atoms with Crippen LogP contribution >= 0.6 is 11.3 Å². The lowest BCUT2D eigenvalue weighted by atomic mass is 10.1. The van der Waals surface area contributed by atoms with Crippen LogP contribution in [0.5, 0.6) is 0 Å². The molecule has 0 N–H and O–H groups in total. The highest BCUT2D eigenvalue weighted by Gasteiger charge is 2.10. The average molecular weight is 190 g/mol. The molecule has 2 rings (SSSR count). The molecule has 2 heteroatoms. The molecule has 0 spiro atoms. The van der Waals surface area contributed by atoms with Crippen molar-refractivity contribution < 1.29 is 4.57 Å². The normalized spacial score (nSPS) is 10.3. The Bertz CT molecular complexity index is 418. The van der Waals surface area contributed by atoms with Gasteiger partial charge in [0.25, 0.3) is 0 Å². The molecule has 0 aliphatic carbocycles. The van der Waals surface area contributed by atoms with Gasteiger partial charge in [0, 0.05) is 17.5 Å². The maximum atomic E-state index is 2.20. The van der Waals surface area contributed by atoms with Crippen molar-refractivity contribution in [3.63, 3.8) is 0 Å². The summed E-state index contributed by atoms with van der Waals surface area (Å²) in [7, 11) is 2.08. The van der Waals surface area contributed by atoms with Gasteiger partial charge in [0.1, 0.15) is 7.05 Å². The average Bonchev–Trinajstić information content (AvgIpc) is 2.52. The highest BCUT2D eigenvalue weighted by molar-refractivity contribution is 7.08. The van der Waals surface area contributed by atoms with Crippen molar-refractivity contribution in [2.24, 2.45) is 7.05 Å². The van der Waals surface area contributed by atoms with Gasteiger partial charge in [0.2, 0.25) is 5.69 Å². The second-order valence-corrected chi connectivity index (χ2v) is 3.91. The molecule has 0 radical (unpaired) electrons. The molecule has 0 aromatic carbocycles. The molecule has 2 aromatic heterocycles.